The van der Waals surface area contributed by atoms with Crippen LogP contribution in [0.25, 0.3) is 22.3 Å². The Morgan fingerprint density at radius 2 is 1.70 bits per heavy atom. The van der Waals surface area contributed by atoms with Gasteiger partial charge in [-0.05, 0) is 42.0 Å². The number of nitrogens with zero attached hydrogens (tertiary/aromatic N) is 4. The molecule has 0 unspecified atom stereocenters. The van der Waals surface area contributed by atoms with Gasteiger partial charge in [0.2, 0.25) is 11.7 Å². The molecule has 0 amide bonds. The minimum absolute atomic E-state index is 0.173. The number of para-hydroxylation sites is 1. The van der Waals surface area contributed by atoms with Gasteiger partial charge in [0, 0.05) is 5.56 Å². The molecule has 0 aliphatic rings. The minimum atomic E-state index is -4.42. The smallest absolute Gasteiger partial charge is 0.416 e. The molecule has 37 heavy (non-hydrogen) atoms. The van der Waals surface area contributed by atoms with E-state index < -0.39 is 11.7 Å². The highest BCUT2D eigenvalue weighted by Gasteiger charge is 2.30. The van der Waals surface area contributed by atoms with Crippen LogP contribution in [0.3, 0.4) is 0 Å². The summed E-state index contributed by atoms with van der Waals surface area (Å²) in [6.07, 6.45) is -4.42. The molecule has 0 saturated carbocycles. The average molecular weight is 525 g/mol. The van der Waals surface area contributed by atoms with E-state index in [1.54, 1.807) is 29.9 Å². The quantitative estimate of drug-likeness (QED) is 0.196. The summed E-state index contributed by atoms with van der Waals surface area (Å²) in [4.78, 5) is 22.3. The van der Waals surface area contributed by atoms with Crippen molar-refractivity contribution < 1.29 is 22.4 Å². The summed E-state index contributed by atoms with van der Waals surface area (Å²) < 4.78 is 50.6. The van der Waals surface area contributed by atoms with E-state index >= 15 is 0 Å². The molecule has 5 aromatic rings. The van der Waals surface area contributed by atoms with Crippen molar-refractivity contribution in [2.24, 2.45) is 0 Å². The van der Waals surface area contributed by atoms with E-state index in [4.69, 9.17) is 9.26 Å². The van der Waals surface area contributed by atoms with Crippen molar-refractivity contribution in [2.45, 2.75) is 23.6 Å². The number of hydrogen-bond acceptors (Lipinski definition) is 7. The number of alkyl halides is 3. The van der Waals surface area contributed by atoms with Crippen LogP contribution in [0, 0.1) is 0 Å². The first-order valence-corrected chi connectivity index (χ1v) is 12.1. The highest BCUT2D eigenvalue weighted by Crippen LogP contribution is 2.31. The van der Waals surface area contributed by atoms with E-state index in [2.05, 4.69) is 15.1 Å². The Morgan fingerprint density at radius 3 is 2.41 bits per heavy atom. The van der Waals surface area contributed by atoms with E-state index in [0.29, 0.717) is 33.9 Å². The summed E-state index contributed by atoms with van der Waals surface area (Å²) in [6.45, 7) is 0.295. The van der Waals surface area contributed by atoms with Crippen LogP contribution < -0.4 is 10.3 Å². The number of halogens is 3. The van der Waals surface area contributed by atoms with Gasteiger partial charge in [-0.2, -0.15) is 18.2 Å². The fourth-order valence-electron chi connectivity index (χ4n) is 3.68. The van der Waals surface area contributed by atoms with Crippen molar-refractivity contribution >= 4 is 22.7 Å². The highest BCUT2D eigenvalue weighted by atomic mass is 32.2. The molecule has 0 atom stereocenters. The molecule has 0 aliphatic heterocycles. The molecule has 0 aliphatic carbocycles. The predicted octanol–water partition coefficient (Wildman–Crippen LogP) is 5.81. The van der Waals surface area contributed by atoms with Crippen LogP contribution in [0.4, 0.5) is 13.2 Å². The molecule has 188 valence electrons. The Morgan fingerprint density at radius 1 is 0.973 bits per heavy atom. The van der Waals surface area contributed by atoms with Gasteiger partial charge in [0.1, 0.15) is 5.75 Å². The van der Waals surface area contributed by atoms with Crippen molar-refractivity contribution in [1.29, 1.82) is 0 Å². The van der Waals surface area contributed by atoms with Crippen LogP contribution in [0.1, 0.15) is 17.0 Å². The number of aromatic nitrogens is 4. The Hall–Kier alpha value is -4.12. The van der Waals surface area contributed by atoms with Crippen molar-refractivity contribution in [3.8, 4) is 17.1 Å². The maximum Gasteiger partial charge on any atom is 0.416 e. The molecule has 0 radical (unpaired) electrons. The number of methoxy groups -OCH3 is 1. The van der Waals surface area contributed by atoms with E-state index in [1.807, 2.05) is 30.3 Å². The molecular weight excluding hydrogens is 505 g/mol. The second kappa shape index (κ2) is 10.1. The second-order valence-electron chi connectivity index (χ2n) is 8.03. The highest BCUT2D eigenvalue weighted by molar-refractivity contribution is 7.98. The Balaban J connectivity index is 1.40. The summed E-state index contributed by atoms with van der Waals surface area (Å²) in [5, 5.41) is 4.85. The third-order valence-electron chi connectivity index (χ3n) is 5.59. The molecule has 0 spiro atoms. The van der Waals surface area contributed by atoms with Gasteiger partial charge in [-0.15, -0.1) is 0 Å². The van der Waals surface area contributed by atoms with Gasteiger partial charge in [0.15, 0.2) is 5.16 Å². The molecule has 11 heteroatoms. The van der Waals surface area contributed by atoms with Gasteiger partial charge in [-0.1, -0.05) is 53.3 Å². The lowest BCUT2D eigenvalue weighted by Gasteiger charge is -2.13. The van der Waals surface area contributed by atoms with Gasteiger partial charge in [0.05, 0.1) is 35.9 Å². The fraction of sp³-hybridized carbons (Fsp3) is 0.154. The fourth-order valence-corrected chi connectivity index (χ4v) is 4.51. The monoisotopic (exact) mass is 524 g/mol. The van der Waals surface area contributed by atoms with E-state index in [9.17, 15) is 18.0 Å². The predicted molar refractivity (Wildman–Crippen MR) is 132 cm³/mol. The first-order chi connectivity index (χ1) is 17.8. The number of fused-ring (bicyclic) bond motifs is 1. The number of rotatable bonds is 7. The number of benzene rings is 3. The van der Waals surface area contributed by atoms with Crippen LogP contribution in [-0.4, -0.2) is 26.8 Å². The summed E-state index contributed by atoms with van der Waals surface area (Å²) in [6, 6.07) is 19.0. The zero-order valence-electron chi connectivity index (χ0n) is 19.4. The Labute approximate surface area is 212 Å². The maximum atomic E-state index is 13.3. The summed E-state index contributed by atoms with van der Waals surface area (Å²) in [5.41, 5.74) is 0.919. The summed E-state index contributed by atoms with van der Waals surface area (Å²) >= 11 is 1.25. The van der Waals surface area contributed by atoms with Gasteiger partial charge in [0.25, 0.3) is 5.56 Å². The van der Waals surface area contributed by atoms with Crippen LogP contribution >= 0.6 is 11.8 Å². The van der Waals surface area contributed by atoms with Crippen LogP contribution in [0.15, 0.2) is 87.3 Å². The van der Waals surface area contributed by atoms with Gasteiger partial charge in [-0.3, -0.25) is 9.36 Å². The Kier molecular flexibility index (Phi) is 6.70. The summed E-state index contributed by atoms with van der Waals surface area (Å²) in [7, 11) is 1.59. The first-order valence-electron chi connectivity index (χ1n) is 11.1. The van der Waals surface area contributed by atoms with E-state index in [1.165, 1.54) is 23.9 Å². The minimum Gasteiger partial charge on any atom is -0.497 e. The zero-order chi connectivity index (χ0) is 26.0. The molecular formula is C26H19F3N4O3S. The van der Waals surface area contributed by atoms with Gasteiger partial charge in [-0.25, -0.2) is 4.98 Å². The third-order valence-corrected chi connectivity index (χ3v) is 6.55. The zero-order valence-corrected chi connectivity index (χ0v) is 20.2. The lowest BCUT2D eigenvalue weighted by molar-refractivity contribution is -0.137. The SMILES string of the molecule is COc1ccc(Cn2c(SCc3nc(-c4ccc(C(F)(F)F)cc4)no3)nc3ccccc3c2=O)cc1. The largest absolute Gasteiger partial charge is 0.497 e. The molecule has 0 N–H and O–H groups in total. The van der Waals surface area contributed by atoms with Crippen LogP contribution in [0.2, 0.25) is 0 Å². The normalized spacial score (nSPS) is 11.7. The second-order valence-corrected chi connectivity index (χ2v) is 8.97. The summed E-state index contributed by atoms with van der Waals surface area (Å²) in [5.74, 6) is 1.34. The van der Waals surface area contributed by atoms with Crippen LogP contribution in [-0.2, 0) is 18.5 Å². The lowest BCUT2D eigenvalue weighted by atomic mass is 10.1. The molecule has 3 aromatic carbocycles. The third kappa shape index (κ3) is 5.36. The standard InChI is InChI=1S/C26H19F3N4O3S/c1-35-19-12-6-16(7-13-19)14-33-24(34)20-4-2-3-5-21(20)30-25(33)37-15-22-31-23(32-36-22)17-8-10-18(11-9-17)26(27,28)29/h2-13H,14-15H2,1H3. The van der Waals surface area contributed by atoms with Gasteiger partial charge < -0.3 is 9.26 Å². The van der Waals surface area contributed by atoms with E-state index in [-0.39, 0.29) is 23.0 Å². The van der Waals surface area contributed by atoms with Crippen molar-refractivity contribution in [3.63, 3.8) is 0 Å². The number of ether oxygens (including phenoxy) is 1. The van der Waals surface area contributed by atoms with Crippen LogP contribution in [0.5, 0.6) is 5.75 Å². The number of thioether (sulfide) groups is 1. The van der Waals surface area contributed by atoms with Crippen molar-refractivity contribution in [2.75, 3.05) is 7.11 Å². The Bertz CT molecular complexity index is 1600. The molecule has 7 nitrogen and oxygen atoms in total. The molecule has 0 fully saturated rings. The number of hydrogen-bond donors (Lipinski definition) is 0. The first kappa shape index (κ1) is 24.6. The lowest BCUT2D eigenvalue weighted by Crippen LogP contribution is -2.24. The van der Waals surface area contributed by atoms with Crippen molar-refractivity contribution in [1.82, 2.24) is 19.7 Å². The maximum absolute atomic E-state index is 13.3. The molecule has 2 aromatic heterocycles. The van der Waals surface area contributed by atoms with Crippen molar-refractivity contribution in [3.05, 3.63) is 100 Å². The van der Waals surface area contributed by atoms with E-state index in [0.717, 1.165) is 17.7 Å². The molecule has 0 bridgehead atoms. The molecule has 0 saturated heterocycles. The molecule has 5 rings (SSSR count). The molecule has 2 heterocycles. The van der Waals surface area contributed by atoms with Gasteiger partial charge >= 0.3 is 6.18 Å². The average Bonchev–Trinajstić information content (AvgIpc) is 3.38. The topological polar surface area (TPSA) is 83.0 Å².